The summed E-state index contributed by atoms with van der Waals surface area (Å²) in [5.74, 6) is 2.82. The van der Waals surface area contributed by atoms with Crippen molar-refractivity contribution in [3.63, 3.8) is 0 Å². The summed E-state index contributed by atoms with van der Waals surface area (Å²) < 4.78 is 3.67. The van der Waals surface area contributed by atoms with Gasteiger partial charge in [0.05, 0.1) is 5.60 Å². The van der Waals surface area contributed by atoms with Gasteiger partial charge in [0.15, 0.2) is 5.82 Å². The van der Waals surface area contributed by atoms with Crippen LogP contribution >= 0.6 is 0 Å². The van der Waals surface area contributed by atoms with Crippen LogP contribution in [0.25, 0.3) is 11.5 Å². The van der Waals surface area contributed by atoms with Crippen molar-refractivity contribution in [2.75, 3.05) is 5.32 Å². The number of nitrogens with one attached hydrogen (secondary N) is 1. The predicted molar refractivity (Wildman–Crippen MR) is 115 cm³/mol. The second-order valence-corrected chi connectivity index (χ2v) is 9.81. The first-order valence-electron chi connectivity index (χ1n) is 11.2. The number of imidazole rings is 1. The van der Waals surface area contributed by atoms with Crippen LogP contribution in [0, 0.1) is 5.92 Å². The van der Waals surface area contributed by atoms with E-state index in [0.29, 0.717) is 24.8 Å². The van der Waals surface area contributed by atoms with E-state index in [2.05, 4.69) is 33.0 Å². The number of hydrogen-bond donors (Lipinski definition) is 2. The summed E-state index contributed by atoms with van der Waals surface area (Å²) >= 11 is 0. The molecule has 0 bridgehead atoms. The van der Waals surface area contributed by atoms with Crippen molar-refractivity contribution in [2.45, 2.75) is 103 Å². The Hall–Kier alpha value is -1.89. The number of nitrogens with zero attached hydrogens (tertiary/aromatic N) is 4. The number of rotatable bonds is 5. The van der Waals surface area contributed by atoms with Gasteiger partial charge in [-0.1, -0.05) is 34.1 Å². The van der Waals surface area contributed by atoms with Crippen molar-refractivity contribution in [3.8, 4) is 11.5 Å². The molecule has 2 atom stereocenters. The lowest BCUT2D eigenvalue weighted by atomic mass is 9.70. The zero-order valence-corrected chi connectivity index (χ0v) is 18.5. The molecule has 3 aliphatic heterocycles. The average molecular weight is 402 g/mol. The fraction of sp³-hybridized carbons (Fsp3) is 0.773. The minimum Gasteiger partial charge on any atom is -0.390 e. The van der Waals surface area contributed by atoms with Crippen molar-refractivity contribution < 1.29 is 5.11 Å². The highest BCUT2D eigenvalue weighted by Crippen LogP contribution is 2.43. The van der Waals surface area contributed by atoms with E-state index in [1.54, 1.807) is 4.57 Å². The Bertz CT molecular complexity index is 918. The van der Waals surface area contributed by atoms with Gasteiger partial charge in [0.25, 0.3) is 0 Å². The highest BCUT2D eigenvalue weighted by Gasteiger charge is 2.42. The molecule has 4 rings (SSSR count). The molecule has 1 saturated carbocycles. The van der Waals surface area contributed by atoms with Crippen LogP contribution in [0.3, 0.4) is 0 Å². The van der Waals surface area contributed by atoms with E-state index in [9.17, 15) is 9.90 Å². The van der Waals surface area contributed by atoms with Crippen molar-refractivity contribution in [3.05, 3.63) is 16.3 Å². The first-order valence-corrected chi connectivity index (χ1v) is 11.2. The Morgan fingerprint density at radius 1 is 1.21 bits per heavy atom. The molecule has 1 fully saturated rings. The maximum Gasteiger partial charge on any atom is 0.331 e. The molecule has 0 aromatic heterocycles. The van der Waals surface area contributed by atoms with Crippen LogP contribution in [-0.4, -0.2) is 35.9 Å². The quantitative estimate of drug-likeness (QED) is 0.802. The molecule has 0 saturated heterocycles. The molecule has 7 heteroatoms. The predicted octanol–water partition coefficient (Wildman–Crippen LogP) is 3.38. The van der Waals surface area contributed by atoms with Crippen molar-refractivity contribution in [1.29, 1.82) is 0 Å². The van der Waals surface area contributed by atoms with Gasteiger partial charge in [-0.3, -0.25) is 9.13 Å². The lowest BCUT2D eigenvalue weighted by Gasteiger charge is -2.38. The first kappa shape index (κ1) is 20.4. The highest BCUT2D eigenvalue weighted by atomic mass is 16.3. The van der Waals surface area contributed by atoms with E-state index >= 15 is 0 Å². The molecule has 2 N–H and O–H groups in total. The Morgan fingerprint density at radius 3 is 2.52 bits per heavy atom. The zero-order chi connectivity index (χ0) is 21.0. The van der Waals surface area contributed by atoms with Crippen LogP contribution in [0.1, 0.15) is 79.0 Å². The lowest BCUT2D eigenvalue weighted by Crippen LogP contribution is -2.38. The fourth-order valence-corrected chi connectivity index (χ4v) is 4.74. The zero-order valence-electron chi connectivity index (χ0n) is 18.5. The van der Waals surface area contributed by atoms with Gasteiger partial charge in [0, 0.05) is 24.5 Å². The van der Waals surface area contributed by atoms with Gasteiger partial charge in [-0.25, -0.2) is 14.8 Å². The molecule has 0 radical (unpaired) electrons. The molecular formula is C22H35N5O2. The lowest BCUT2D eigenvalue weighted by molar-refractivity contribution is 0.00181. The van der Waals surface area contributed by atoms with Crippen LogP contribution < -0.4 is 11.0 Å². The molecule has 160 valence electrons. The first-order chi connectivity index (χ1) is 13.7. The van der Waals surface area contributed by atoms with E-state index in [4.69, 9.17) is 9.97 Å². The number of fused-ring (bicyclic) bond motifs is 3. The average Bonchev–Trinajstić information content (AvgIpc) is 3.32. The van der Waals surface area contributed by atoms with Gasteiger partial charge in [-0.15, -0.1) is 0 Å². The molecule has 2 unspecified atom stereocenters. The molecule has 29 heavy (non-hydrogen) atoms. The normalized spacial score (nSPS) is 30.3. The van der Waals surface area contributed by atoms with E-state index < -0.39 is 5.60 Å². The molecule has 0 aromatic rings. The van der Waals surface area contributed by atoms with E-state index in [1.165, 1.54) is 0 Å². The number of hydrogen-bond acceptors (Lipinski definition) is 5. The summed E-state index contributed by atoms with van der Waals surface area (Å²) in [4.78, 5) is 23.2. The second kappa shape index (κ2) is 7.11. The van der Waals surface area contributed by atoms with Gasteiger partial charge in [0.2, 0.25) is 0 Å². The summed E-state index contributed by atoms with van der Waals surface area (Å²) in [5, 5.41) is 14.0. The fourth-order valence-electron chi connectivity index (χ4n) is 4.74. The number of aliphatic hydroxyl groups is 1. The third-order valence-corrected chi connectivity index (χ3v) is 7.30. The van der Waals surface area contributed by atoms with E-state index in [0.717, 1.165) is 55.9 Å². The SMILES string of the molecule is CCCn1c2nc(C3(C)CCC(C)(O)CC3)nc-2c2n(c1=O)CC(C(C)CC)N2. The van der Waals surface area contributed by atoms with Crippen molar-refractivity contribution in [1.82, 2.24) is 19.1 Å². The Morgan fingerprint density at radius 2 is 1.90 bits per heavy atom. The number of aromatic nitrogens is 4. The van der Waals surface area contributed by atoms with Crippen LogP contribution in [-0.2, 0) is 18.5 Å². The maximum atomic E-state index is 13.3. The van der Waals surface area contributed by atoms with E-state index in [-0.39, 0.29) is 17.1 Å². The molecule has 4 aliphatic rings. The van der Waals surface area contributed by atoms with E-state index in [1.807, 2.05) is 11.5 Å². The van der Waals surface area contributed by atoms with Crippen LogP contribution in [0.15, 0.2) is 4.79 Å². The summed E-state index contributed by atoms with van der Waals surface area (Å²) in [7, 11) is 0. The Balaban J connectivity index is 1.81. The highest BCUT2D eigenvalue weighted by molar-refractivity contribution is 5.70. The maximum absolute atomic E-state index is 13.3. The van der Waals surface area contributed by atoms with Crippen molar-refractivity contribution >= 4 is 5.82 Å². The smallest absolute Gasteiger partial charge is 0.331 e. The summed E-state index contributed by atoms with van der Waals surface area (Å²) in [5.41, 5.74) is 0.0618. The Kier molecular flexibility index (Phi) is 5.00. The van der Waals surface area contributed by atoms with Gasteiger partial charge in [-0.05, 0) is 44.9 Å². The molecule has 3 heterocycles. The van der Waals surface area contributed by atoms with Crippen LogP contribution in [0.4, 0.5) is 5.82 Å². The minimum absolute atomic E-state index is 0.0100. The molecule has 0 aromatic carbocycles. The molecule has 0 amide bonds. The summed E-state index contributed by atoms with van der Waals surface area (Å²) in [6.07, 6.45) is 5.14. The van der Waals surface area contributed by atoms with Gasteiger partial charge < -0.3 is 10.4 Å². The van der Waals surface area contributed by atoms with Gasteiger partial charge >= 0.3 is 5.69 Å². The van der Waals surface area contributed by atoms with Crippen LogP contribution in [0.5, 0.6) is 0 Å². The third-order valence-electron chi connectivity index (χ3n) is 7.30. The van der Waals surface area contributed by atoms with Crippen LogP contribution in [0.2, 0.25) is 0 Å². The largest absolute Gasteiger partial charge is 0.390 e. The Labute approximate surface area is 172 Å². The monoisotopic (exact) mass is 401 g/mol. The molecule has 7 nitrogen and oxygen atoms in total. The second-order valence-electron chi connectivity index (χ2n) is 9.81. The molecule has 1 aliphatic carbocycles. The summed E-state index contributed by atoms with van der Waals surface area (Å²) in [6.45, 7) is 11.9. The number of anilines is 1. The standard InChI is InChI=1S/C22H35N5O2/c1-6-12-26-18-16(17-23-15(14(3)7-2)13-27(17)20(26)28)24-19(25-18)21(4)8-10-22(5,29)11-9-21/h14-15,23,29H,6-13H2,1-5H3. The minimum atomic E-state index is -0.599. The van der Waals surface area contributed by atoms with Gasteiger partial charge in [0.1, 0.15) is 17.3 Å². The molecular weight excluding hydrogens is 366 g/mol. The summed E-state index contributed by atoms with van der Waals surface area (Å²) in [6, 6.07) is 0.244. The topological polar surface area (TPSA) is 85.0 Å². The van der Waals surface area contributed by atoms with Crippen molar-refractivity contribution in [2.24, 2.45) is 5.92 Å². The third kappa shape index (κ3) is 3.37. The molecule has 0 spiro atoms. The van der Waals surface area contributed by atoms with Gasteiger partial charge in [-0.2, -0.15) is 0 Å².